The highest BCUT2D eigenvalue weighted by molar-refractivity contribution is 6.07. The zero-order valence-corrected chi connectivity index (χ0v) is 10.9. The minimum Gasteiger partial charge on any atom is -0.478 e. The van der Waals surface area contributed by atoms with Gasteiger partial charge in [0.25, 0.3) is 0 Å². The predicted molar refractivity (Wildman–Crippen MR) is 75.5 cm³/mol. The normalized spacial score (nSPS) is 10.7. The van der Waals surface area contributed by atoms with Gasteiger partial charge in [0.05, 0.1) is 5.69 Å². The molecule has 0 saturated carbocycles. The van der Waals surface area contributed by atoms with Crippen molar-refractivity contribution in [3.63, 3.8) is 0 Å². The number of ketones is 1. The third-order valence-corrected chi connectivity index (χ3v) is 2.71. The fourth-order valence-corrected chi connectivity index (χ4v) is 1.68. The summed E-state index contributed by atoms with van der Waals surface area (Å²) in [6.45, 7) is 1.95. The van der Waals surface area contributed by atoms with Gasteiger partial charge < -0.3 is 5.11 Å². The number of benzene rings is 1. The van der Waals surface area contributed by atoms with Crippen molar-refractivity contribution in [3.8, 4) is 0 Å². The SMILES string of the molecule is Cc1ccc(C(=O)c2cccc(C=CC(=O)O)n2)cc1. The molecule has 4 heteroatoms. The molecule has 0 spiro atoms. The number of rotatable bonds is 4. The lowest BCUT2D eigenvalue weighted by atomic mass is 10.1. The molecule has 0 aliphatic rings. The summed E-state index contributed by atoms with van der Waals surface area (Å²) in [6.07, 6.45) is 2.34. The monoisotopic (exact) mass is 267 g/mol. The molecule has 0 atom stereocenters. The van der Waals surface area contributed by atoms with Crippen LogP contribution in [0.4, 0.5) is 0 Å². The first-order valence-electron chi connectivity index (χ1n) is 6.06. The van der Waals surface area contributed by atoms with E-state index in [9.17, 15) is 9.59 Å². The van der Waals surface area contributed by atoms with Gasteiger partial charge in [-0.1, -0.05) is 35.9 Å². The molecule has 1 aromatic carbocycles. The van der Waals surface area contributed by atoms with Crippen molar-refractivity contribution < 1.29 is 14.7 Å². The molecule has 1 N–H and O–H groups in total. The number of nitrogens with zero attached hydrogens (tertiary/aromatic N) is 1. The van der Waals surface area contributed by atoms with Gasteiger partial charge in [0.15, 0.2) is 0 Å². The van der Waals surface area contributed by atoms with E-state index >= 15 is 0 Å². The summed E-state index contributed by atoms with van der Waals surface area (Å²) in [5, 5.41) is 8.58. The van der Waals surface area contributed by atoms with E-state index in [2.05, 4.69) is 4.98 Å². The Hall–Kier alpha value is -2.75. The van der Waals surface area contributed by atoms with Gasteiger partial charge >= 0.3 is 5.97 Å². The van der Waals surface area contributed by atoms with Crippen LogP contribution in [0.3, 0.4) is 0 Å². The van der Waals surface area contributed by atoms with Crippen molar-refractivity contribution in [1.82, 2.24) is 4.98 Å². The van der Waals surface area contributed by atoms with Gasteiger partial charge in [-0.2, -0.15) is 0 Å². The maximum atomic E-state index is 12.2. The molecule has 0 radical (unpaired) electrons. The summed E-state index contributed by atoms with van der Waals surface area (Å²) in [7, 11) is 0. The maximum Gasteiger partial charge on any atom is 0.328 e. The third-order valence-electron chi connectivity index (χ3n) is 2.71. The van der Waals surface area contributed by atoms with Crippen LogP contribution in [0.25, 0.3) is 6.08 Å². The van der Waals surface area contributed by atoms with Crippen molar-refractivity contribution in [2.75, 3.05) is 0 Å². The van der Waals surface area contributed by atoms with E-state index in [4.69, 9.17) is 5.11 Å². The third kappa shape index (κ3) is 3.38. The van der Waals surface area contributed by atoms with Crippen molar-refractivity contribution in [2.45, 2.75) is 6.92 Å². The van der Waals surface area contributed by atoms with Gasteiger partial charge in [0.2, 0.25) is 5.78 Å². The highest BCUT2D eigenvalue weighted by atomic mass is 16.4. The molecule has 0 aliphatic heterocycles. The Morgan fingerprint density at radius 1 is 1.10 bits per heavy atom. The fraction of sp³-hybridized carbons (Fsp3) is 0.0625. The molecule has 1 heterocycles. The van der Waals surface area contributed by atoms with Crippen molar-refractivity contribution >= 4 is 17.8 Å². The standard InChI is InChI=1S/C16H13NO3/c1-11-5-7-12(8-6-11)16(20)14-4-2-3-13(17-14)9-10-15(18)19/h2-10H,1H3,(H,18,19). The highest BCUT2D eigenvalue weighted by Crippen LogP contribution is 2.10. The first kappa shape index (κ1) is 13.7. The number of hydrogen-bond donors (Lipinski definition) is 1. The summed E-state index contributed by atoms with van der Waals surface area (Å²) < 4.78 is 0. The minimum absolute atomic E-state index is 0.185. The van der Waals surface area contributed by atoms with Gasteiger partial charge in [-0.3, -0.25) is 4.79 Å². The number of pyridine rings is 1. The Morgan fingerprint density at radius 3 is 2.45 bits per heavy atom. The number of carbonyl (C=O) groups excluding carboxylic acids is 1. The van der Waals surface area contributed by atoms with Crippen molar-refractivity contribution in [3.05, 3.63) is 71.1 Å². The molecular weight excluding hydrogens is 254 g/mol. The molecule has 0 aliphatic carbocycles. The number of aromatic nitrogens is 1. The molecular formula is C16H13NO3. The van der Waals surface area contributed by atoms with Crippen LogP contribution in [0.1, 0.15) is 27.3 Å². The van der Waals surface area contributed by atoms with E-state index in [-0.39, 0.29) is 5.78 Å². The van der Waals surface area contributed by atoms with Gasteiger partial charge in [-0.05, 0) is 25.1 Å². The quantitative estimate of drug-likeness (QED) is 0.683. The molecule has 4 nitrogen and oxygen atoms in total. The molecule has 0 unspecified atom stereocenters. The predicted octanol–water partition coefficient (Wildman–Crippen LogP) is 2.72. The average Bonchev–Trinajstić information content (AvgIpc) is 2.45. The second kappa shape index (κ2) is 5.93. The molecule has 0 fully saturated rings. The topological polar surface area (TPSA) is 67.3 Å². The largest absolute Gasteiger partial charge is 0.478 e. The Bertz CT molecular complexity index is 672. The lowest BCUT2D eigenvalue weighted by molar-refractivity contribution is -0.131. The van der Waals surface area contributed by atoms with Crippen LogP contribution in [0.2, 0.25) is 0 Å². The highest BCUT2D eigenvalue weighted by Gasteiger charge is 2.10. The summed E-state index contributed by atoms with van der Waals surface area (Å²) in [4.78, 5) is 26.9. The van der Waals surface area contributed by atoms with E-state index in [0.717, 1.165) is 11.6 Å². The molecule has 100 valence electrons. The first-order chi connectivity index (χ1) is 9.56. The number of aliphatic carboxylic acids is 1. The van der Waals surface area contributed by atoms with E-state index in [0.29, 0.717) is 17.0 Å². The fourth-order valence-electron chi connectivity index (χ4n) is 1.68. The Labute approximate surface area is 116 Å². The lowest BCUT2D eigenvalue weighted by Crippen LogP contribution is -2.04. The Morgan fingerprint density at radius 2 is 1.80 bits per heavy atom. The van der Waals surface area contributed by atoms with Crippen molar-refractivity contribution in [1.29, 1.82) is 0 Å². The molecule has 2 rings (SSSR count). The second-order valence-electron chi connectivity index (χ2n) is 4.31. The van der Waals surface area contributed by atoms with Crippen LogP contribution in [0.5, 0.6) is 0 Å². The summed E-state index contributed by atoms with van der Waals surface area (Å²) in [6, 6.07) is 12.2. The summed E-state index contributed by atoms with van der Waals surface area (Å²) in [5.41, 5.74) is 2.36. The summed E-state index contributed by atoms with van der Waals surface area (Å²) in [5.74, 6) is -1.24. The molecule has 1 aromatic heterocycles. The molecule has 20 heavy (non-hydrogen) atoms. The molecule has 0 amide bonds. The second-order valence-corrected chi connectivity index (χ2v) is 4.31. The maximum absolute atomic E-state index is 12.2. The number of carboxylic acid groups (broad SMARTS) is 1. The van der Waals surface area contributed by atoms with Gasteiger partial charge in [-0.25, -0.2) is 9.78 Å². The number of aryl methyl sites for hydroxylation is 1. The Balaban J connectivity index is 2.28. The van der Waals surface area contributed by atoms with Crippen molar-refractivity contribution in [2.24, 2.45) is 0 Å². The zero-order valence-electron chi connectivity index (χ0n) is 10.9. The van der Waals surface area contributed by atoms with Crippen LogP contribution in [0.15, 0.2) is 48.5 Å². The average molecular weight is 267 g/mol. The summed E-state index contributed by atoms with van der Waals surface area (Å²) >= 11 is 0. The smallest absolute Gasteiger partial charge is 0.328 e. The minimum atomic E-state index is -1.05. The number of carboxylic acids is 1. The van der Waals surface area contributed by atoms with Crippen LogP contribution >= 0.6 is 0 Å². The van der Waals surface area contributed by atoms with Crippen LogP contribution in [0, 0.1) is 6.92 Å². The Kier molecular flexibility index (Phi) is 4.05. The molecule has 0 bridgehead atoms. The van der Waals surface area contributed by atoms with E-state index in [1.807, 2.05) is 19.1 Å². The van der Waals surface area contributed by atoms with Crippen LogP contribution in [-0.2, 0) is 4.79 Å². The van der Waals surface area contributed by atoms with Crippen LogP contribution < -0.4 is 0 Å². The number of hydrogen-bond acceptors (Lipinski definition) is 3. The van der Waals surface area contributed by atoms with E-state index < -0.39 is 5.97 Å². The molecule has 2 aromatic rings. The number of carbonyl (C=O) groups is 2. The zero-order chi connectivity index (χ0) is 14.5. The van der Waals surface area contributed by atoms with Gasteiger partial charge in [-0.15, -0.1) is 0 Å². The lowest BCUT2D eigenvalue weighted by Gasteiger charge is -2.02. The van der Waals surface area contributed by atoms with Gasteiger partial charge in [0.1, 0.15) is 5.69 Å². The van der Waals surface area contributed by atoms with Gasteiger partial charge in [0, 0.05) is 11.6 Å². The first-order valence-corrected chi connectivity index (χ1v) is 6.06. The molecule has 0 saturated heterocycles. The van der Waals surface area contributed by atoms with Crippen LogP contribution in [-0.4, -0.2) is 21.8 Å². The van der Waals surface area contributed by atoms with E-state index in [1.165, 1.54) is 6.08 Å². The van der Waals surface area contributed by atoms with E-state index in [1.54, 1.807) is 30.3 Å².